The molecule has 0 unspecified atom stereocenters. The van der Waals surface area contributed by atoms with Gasteiger partial charge in [-0.05, 0) is 18.6 Å². The average molecular weight is 231 g/mol. The molecule has 86 valence electrons. The number of nitro groups is 1. The average Bonchev–Trinajstić information content (AvgIpc) is 2.73. The van der Waals surface area contributed by atoms with Crippen LogP contribution in [-0.2, 0) is 0 Å². The number of aldehydes is 1. The van der Waals surface area contributed by atoms with E-state index in [1.54, 1.807) is 12.1 Å². The number of aryl methyl sites for hydroxylation is 1. The molecule has 0 aliphatic heterocycles. The first-order chi connectivity index (χ1) is 8.15. The number of rotatable bonds is 3. The lowest BCUT2D eigenvalue weighted by Gasteiger charge is -2.05. The molecule has 0 radical (unpaired) electrons. The van der Waals surface area contributed by atoms with Gasteiger partial charge in [0.15, 0.2) is 12.0 Å². The van der Waals surface area contributed by atoms with E-state index in [1.165, 1.54) is 4.68 Å². The molecule has 6 heteroatoms. The molecular weight excluding hydrogens is 222 g/mol. The van der Waals surface area contributed by atoms with E-state index >= 15 is 0 Å². The maximum Gasteiger partial charge on any atom is 0.318 e. The van der Waals surface area contributed by atoms with Crippen LogP contribution in [0.3, 0.4) is 0 Å². The Morgan fingerprint density at radius 2 is 2.12 bits per heavy atom. The van der Waals surface area contributed by atoms with Gasteiger partial charge in [-0.15, -0.1) is 0 Å². The molecule has 2 aromatic rings. The summed E-state index contributed by atoms with van der Waals surface area (Å²) in [4.78, 5) is 21.0. The van der Waals surface area contributed by atoms with E-state index in [9.17, 15) is 14.9 Å². The Balaban J connectivity index is 2.65. The molecule has 17 heavy (non-hydrogen) atoms. The largest absolute Gasteiger partial charge is 0.318 e. The number of hydrogen-bond donors (Lipinski definition) is 0. The number of hydrogen-bond acceptors (Lipinski definition) is 4. The van der Waals surface area contributed by atoms with Crippen molar-refractivity contribution in [3.8, 4) is 5.69 Å². The van der Waals surface area contributed by atoms with Crippen LogP contribution in [0.2, 0.25) is 0 Å². The smallest absolute Gasteiger partial charge is 0.296 e. The Hall–Kier alpha value is -2.50. The van der Waals surface area contributed by atoms with Crippen LogP contribution in [-0.4, -0.2) is 21.0 Å². The van der Waals surface area contributed by atoms with Crippen molar-refractivity contribution in [1.29, 1.82) is 0 Å². The molecule has 0 N–H and O–H groups in total. The Labute approximate surface area is 96.6 Å². The van der Waals surface area contributed by atoms with Gasteiger partial charge < -0.3 is 0 Å². The zero-order valence-corrected chi connectivity index (χ0v) is 9.03. The van der Waals surface area contributed by atoms with Gasteiger partial charge in [-0.1, -0.05) is 18.2 Å². The van der Waals surface area contributed by atoms with Gasteiger partial charge in [0.2, 0.25) is 0 Å². The van der Waals surface area contributed by atoms with Gasteiger partial charge >= 0.3 is 5.69 Å². The molecule has 0 saturated carbocycles. The first-order valence-corrected chi connectivity index (χ1v) is 4.88. The van der Waals surface area contributed by atoms with Gasteiger partial charge in [-0.2, -0.15) is 5.10 Å². The highest BCUT2D eigenvalue weighted by Crippen LogP contribution is 2.21. The minimum absolute atomic E-state index is 0.0516. The van der Waals surface area contributed by atoms with Crippen LogP contribution in [0.4, 0.5) is 5.69 Å². The lowest BCUT2D eigenvalue weighted by molar-refractivity contribution is -0.385. The number of carbonyl (C=O) groups is 1. The first-order valence-electron chi connectivity index (χ1n) is 4.88. The minimum atomic E-state index is -0.620. The lowest BCUT2D eigenvalue weighted by Crippen LogP contribution is -2.04. The molecule has 1 aromatic heterocycles. The highest BCUT2D eigenvalue weighted by molar-refractivity contribution is 5.79. The van der Waals surface area contributed by atoms with Crippen molar-refractivity contribution in [3.05, 3.63) is 51.8 Å². The second kappa shape index (κ2) is 4.17. The highest BCUT2D eigenvalue weighted by atomic mass is 16.6. The second-order valence-corrected chi connectivity index (χ2v) is 3.49. The van der Waals surface area contributed by atoms with Gasteiger partial charge in [0.05, 0.1) is 10.6 Å². The zero-order valence-electron chi connectivity index (χ0n) is 9.03. The Bertz CT molecular complexity index is 589. The number of carbonyl (C=O) groups excluding carboxylic acids is 1. The Morgan fingerprint density at radius 1 is 1.41 bits per heavy atom. The summed E-state index contributed by atoms with van der Waals surface area (Å²) in [5.74, 6) is 0. The topological polar surface area (TPSA) is 78.0 Å². The summed E-state index contributed by atoms with van der Waals surface area (Å²) >= 11 is 0. The zero-order chi connectivity index (χ0) is 12.4. The van der Waals surface area contributed by atoms with E-state index in [1.807, 2.05) is 19.1 Å². The van der Waals surface area contributed by atoms with E-state index in [0.29, 0.717) is 12.0 Å². The van der Waals surface area contributed by atoms with Crippen molar-refractivity contribution in [1.82, 2.24) is 9.78 Å². The van der Waals surface area contributed by atoms with E-state index in [0.717, 1.165) is 11.8 Å². The molecule has 0 bridgehead atoms. The maximum absolute atomic E-state index is 10.9. The molecular formula is C11H9N3O3. The summed E-state index contributed by atoms with van der Waals surface area (Å²) in [7, 11) is 0. The predicted molar refractivity (Wildman–Crippen MR) is 60.3 cm³/mol. The van der Waals surface area contributed by atoms with Crippen LogP contribution in [0.25, 0.3) is 5.69 Å². The van der Waals surface area contributed by atoms with Crippen LogP contribution in [0.5, 0.6) is 0 Å². The van der Waals surface area contributed by atoms with Crippen molar-refractivity contribution in [2.24, 2.45) is 0 Å². The molecule has 6 nitrogen and oxygen atoms in total. The van der Waals surface area contributed by atoms with Gasteiger partial charge in [-0.3, -0.25) is 14.9 Å². The summed E-state index contributed by atoms with van der Waals surface area (Å²) in [5, 5.41) is 14.6. The van der Waals surface area contributed by atoms with Crippen molar-refractivity contribution < 1.29 is 9.72 Å². The van der Waals surface area contributed by atoms with Crippen LogP contribution in [0, 0.1) is 17.0 Å². The van der Waals surface area contributed by atoms with Crippen molar-refractivity contribution >= 4 is 12.0 Å². The molecule has 1 aromatic carbocycles. The van der Waals surface area contributed by atoms with E-state index < -0.39 is 4.92 Å². The summed E-state index contributed by atoms with van der Waals surface area (Å²) in [6, 6.07) is 7.22. The fourth-order valence-electron chi connectivity index (χ4n) is 1.59. The van der Waals surface area contributed by atoms with Crippen LogP contribution >= 0.6 is 0 Å². The first kappa shape index (κ1) is 11.0. The Morgan fingerprint density at radius 3 is 2.71 bits per heavy atom. The van der Waals surface area contributed by atoms with Gasteiger partial charge in [0, 0.05) is 0 Å². The molecule has 0 saturated heterocycles. The Kier molecular flexibility index (Phi) is 2.70. The number of aromatic nitrogens is 2. The molecule has 0 aliphatic rings. The summed E-state index contributed by atoms with van der Waals surface area (Å²) < 4.78 is 1.28. The van der Waals surface area contributed by atoms with E-state index in [2.05, 4.69) is 5.10 Å². The quantitative estimate of drug-likeness (QED) is 0.459. The summed E-state index contributed by atoms with van der Waals surface area (Å²) in [6.45, 7) is 1.84. The second-order valence-electron chi connectivity index (χ2n) is 3.49. The molecule has 0 aliphatic carbocycles. The fourth-order valence-corrected chi connectivity index (χ4v) is 1.59. The maximum atomic E-state index is 10.9. The third kappa shape index (κ3) is 1.80. The lowest BCUT2D eigenvalue weighted by atomic mass is 10.2. The molecule has 0 spiro atoms. The SMILES string of the molecule is Cc1ccccc1-n1ncc([N+](=O)[O-])c1C=O. The van der Waals surface area contributed by atoms with Gasteiger partial charge in [0.25, 0.3) is 0 Å². The van der Waals surface area contributed by atoms with Crippen molar-refractivity contribution in [3.63, 3.8) is 0 Å². The van der Waals surface area contributed by atoms with E-state index in [4.69, 9.17) is 0 Å². The molecule has 2 rings (SSSR count). The highest BCUT2D eigenvalue weighted by Gasteiger charge is 2.21. The standard InChI is InChI=1S/C11H9N3O3/c1-8-4-2-3-5-9(8)13-11(7-15)10(6-12-13)14(16)17/h2-7H,1H3. The minimum Gasteiger partial charge on any atom is -0.296 e. The van der Waals surface area contributed by atoms with Crippen molar-refractivity contribution in [2.75, 3.05) is 0 Å². The molecule has 0 fully saturated rings. The van der Waals surface area contributed by atoms with Crippen LogP contribution < -0.4 is 0 Å². The fraction of sp³-hybridized carbons (Fsp3) is 0.0909. The molecule has 1 heterocycles. The number of nitrogens with zero attached hydrogens (tertiary/aromatic N) is 3. The summed E-state index contributed by atoms with van der Waals surface area (Å²) in [5.41, 5.74) is 1.20. The summed E-state index contributed by atoms with van der Waals surface area (Å²) in [6.07, 6.45) is 1.52. The molecule has 0 amide bonds. The van der Waals surface area contributed by atoms with Crippen LogP contribution in [0.15, 0.2) is 30.5 Å². The van der Waals surface area contributed by atoms with Crippen LogP contribution in [0.1, 0.15) is 16.1 Å². The molecule has 0 atom stereocenters. The predicted octanol–water partition coefficient (Wildman–Crippen LogP) is 1.90. The van der Waals surface area contributed by atoms with Crippen molar-refractivity contribution in [2.45, 2.75) is 6.92 Å². The number of benzene rings is 1. The van der Waals surface area contributed by atoms with E-state index in [-0.39, 0.29) is 11.4 Å². The van der Waals surface area contributed by atoms with Gasteiger partial charge in [-0.25, -0.2) is 4.68 Å². The van der Waals surface area contributed by atoms with Gasteiger partial charge in [0.1, 0.15) is 6.20 Å². The third-order valence-electron chi connectivity index (χ3n) is 2.44. The third-order valence-corrected chi connectivity index (χ3v) is 2.44. The monoisotopic (exact) mass is 231 g/mol. The number of para-hydroxylation sites is 1. The normalized spacial score (nSPS) is 10.2.